The molecule has 1 aliphatic heterocycles. The van der Waals surface area contributed by atoms with E-state index in [0.29, 0.717) is 5.92 Å². The van der Waals surface area contributed by atoms with Gasteiger partial charge in [-0.05, 0) is 32.4 Å². The van der Waals surface area contributed by atoms with E-state index in [9.17, 15) is 4.39 Å². The highest BCUT2D eigenvalue weighted by Crippen LogP contribution is 2.17. The summed E-state index contributed by atoms with van der Waals surface area (Å²) < 4.78 is 11.8. The lowest BCUT2D eigenvalue weighted by atomic mass is 10.1. The summed E-state index contributed by atoms with van der Waals surface area (Å²) in [5.74, 6) is 0.639. The second-order valence-corrected chi connectivity index (χ2v) is 2.89. The van der Waals surface area contributed by atoms with Crippen LogP contribution in [0.15, 0.2) is 0 Å². The van der Waals surface area contributed by atoms with E-state index >= 15 is 0 Å². The molecule has 0 radical (unpaired) electrons. The Balaban J connectivity index is 2.14. The van der Waals surface area contributed by atoms with Crippen LogP contribution in [-0.2, 0) is 0 Å². The van der Waals surface area contributed by atoms with Crippen LogP contribution in [0, 0.1) is 5.92 Å². The summed E-state index contributed by atoms with van der Waals surface area (Å²) in [6.45, 7) is 2.12. The fourth-order valence-corrected chi connectivity index (χ4v) is 1.42. The van der Waals surface area contributed by atoms with Gasteiger partial charge in [0, 0.05) is 6.54 Å². The quantitative estimate of drug-likeness (QED) is 0.546. The molecule has 1 saturated heterocycles. The maximum absolute atomic E-state index is 11.8. The number of alkyl halides is 1. The van der Waals surface area contributed by atoms with Gasteiger partial charge < -0.3 is 4.90 Å². The molecule has 0 amide bonds. The highest BCUT2D eigenvalue weighted by molar-refractivity contribution is 4.71. The summed E-state index contributed by atoms with van der Waals surface area (Å²) in [6, 6.07) is 0. The summed E-state index contributed by atoms with van der Waals surface area (Å²) in [6.07, 6.45) is 1.96. The number of rotatable bonds is 2. The van der Waals surface area contributed by atoms with Crippen LogP contribution in [0.5, 0.6) is 0 Å². The van der Waals surface area contributed by atoms with Gasteiger partial charge in [-0.3, -0.25) is 4.39 Å². The van der Waals surface area contributed by atoms with Gasteiger partial charge in [-0.2, -0.15) is 0 Å². The molecular formula is C7H14FN. The lowest BCUT2D eigenvalue weighted by molar-refractivity contribution is 0.360. The molecule has 1 fully saturated rings. The summed E-state index contributed by atoms with van der Waals surface area (Å²) in [4.78, 5) is 2.26. The number of hydrogen-bond donors (Lipinski definition) is 0. The highest BCUT2D eigenvalue weighted by atomic mass is 19.1. The van der Waals surface area contributed by atoms with Crippen molar-refractivity contribution >= 4 is 0 Å². The van der Waals surface area contributed by atoms with E-state index in [0.717, 1.165) is 19.5 Å². The predicted octanol–water partition coefficient (Wildman–Crippen LogP) is 1.30. The van der Waals surface area contributed by atoms with E-state index in [1.807, 2.05) is 0 Å². The van der Waals surface area contributed by atoms with E-state index in [1.165, 1.54) is 6.42 Å². The van der Waals surface area contributed by atoms with Crippen LogP contribution in [-0.4, -0.2) is 31.7 Å². The number of likely N-dealkylation sites (tertiary alicyclic amines) is 1. The van der Waals surface area contributed by atoms with E-state index in [2.05, 4.69) is 11.9 Å². The molecule has 1 atom stereocenters. The zero-order valence-corrected chi connectivity index (χ0v) is 5.94. The van der Waals surface area contributed by atoms with Gasteiger partial charge in [0.1, 0.15) is 0 Å². The molecule has 0 N–H and O–H groups in total. The summed E-state index contributed by atoms with van der Waals surface area (Å²) in [5.41, 5.74) is 0. The molecule has 1 nitrogen and oxygen atoms in total. The molecular weight excluding hydrogens is 117 g/mol. The molecule has 1 heterocycles. The van der Waals surface area contributed by atoms with Gasteiger partial charge in [0.15, 0.2) is 0 Å². The second-order valence-electron chi connectivity index (χ2n) is 2.89. The van der Waals surface area contributed by atoms with Gasteiger partial charge in [-0.25, -0.2) is 0 Å². The lowest BCUT2D eigenvalue weighted by Crippen LogP contribution is -2.14. The Bertz CT molecular complexity index is 83.0. The normalized spacial score (nSPS) is 29.3. The van der Waals surface area contributed by atoms with Gasteiger partial charge in [0.05, 0.1) is 6.67 Å². The Labute approximate surface area is 55.8 Å². The Kier molecular flexibility index (Phi) is 2.46. The summed E-state index contributed by atoms with van der Waals surface area (Å²) in [5, 5.41) is 0. The van der Waals surface area contributed by atoms with Crippen molar-refractivity contribution in [3.63, 3.8) is 0 Å². The van der Waals surface area contributed by atoms with Crippen LogP contribution in [0.2, 0.25) is 0 Å². The molecule has 0 spiro atoms. The number of halogens is 1. The molecule has 0 saturated carbocycles. The van der Waals surface area contributed by atoms with E-state index in [-0.39, 0.29) is 6.67 Å². The smallest absolute Gasteiger partial charge is 0.0897 e. The van der Waals surface area contributed by atoms with Crippen molar-refractivity contribution in [3.8, 4) is 0 Å². The molecule has 9 heavy (non-hydrogen) atoms. The van der Waals surface area contributed by atoms with Crippen LogP contribution in [0.3, 0.4) is 0 Å². The number of nitrogens with zero attached hydrogens (tertiary/aromatic N) is 1. The second kappa shape index (κ2) is 3.16. The van der Waals surface area contributed by atoms with Crippen molar-refractivity contribution in [3.05, 3.63) is 0 Å². The van der Waals surface area contributed by atoms with Crippen molar-refractivity contribution in [1.82, 2.24) is 4.90 Å². The van der Waals surface area contributed by atoms with Crippen LogP contribution in [0.4, 0.5) is 4.39 Å². The molecule has 54 valence electrons. The van der Waals surface area contributed by atoms with Gasteiger partial charge >= 0.3 is 0 Å². The fraction of sp³-hybridized carbons (Fsp3) is 1.00. The van der Waals surface area contributed by atoms with Crippen molar-refractivity contribution in [2.45, 2.75) is 12.8 Å². The first-order chi connectivity index (χ1) is 4.33. The largest absolute Gasteiger partial charge is 0.306 e. The topological polar surface area (TPSA) is 3.24 Å². The minimum atomic E-state index is -0.140. The Morgan fingerprint density at radius 2 is 2.44 bits per heavy atom. The van der Waals surface area contributed by atoms with Crippen LogP contribution >= 0.6 is 0 Å². The third-order valence-electron chi connectivity index (χ3n) is 2.01. The van der Waals surface area contributed by atoms with Crippen LogP contribution in [0.25, 0.3) is 0 Å². The third kappa shape index (κ3) is 1.94. The molecule has 0 aliphatic carbocycles. The minimum Gasteiger partial charge on any atom is -0.306 e. The Morgan fingerprint density at radius 1 is 1.67 bits per heavy atom. The van der Waals surface area contributed by atoms with Crippen LogP contribution < -0.4 is 0 Å². The standard InChI is InChI=1S/C7H14FN/c1-9-5-3-7(6-9)2-4-8/h7H,2-6H2,1H3. The van der Waals surface area contributed by atoms with Crippen LogP contribution in [0.1, 0.15) is 12.8 Å². The predicted molar refractivity (Wildman–Crippen MR) is 36.2 cm³/mol. The fourth-order valence-electron chi connectivity index (χ4n) is 1.42. The SMILES string of the molecule is CN1CCC(CCF)C1. The van der Waals surface area contributed by atoms with Gasteiger partial charge in [0.25, 0.3) is 0 Å². The molecule has 2 heteroatoms. The van der Waals surface area contributed by atoms with Crippen molar-refractivity contribution in [1.29, 1.82) is 0 Å². The van der Waals surface area contributed by atoms with E-state index in [4.69, 9.17) is 0 Å². The number of hydrogen-bond acceptors (Lipinski definition) is 1. The van der Waals surface area contributed by atoms with Gasteiger partial charge in [-0.1, -0.05) is 0 Å². The molecule has 0 aromatic heterocycles. The van der Waals surface area contributed by atoms with Gasteiger partial charge in [-0.15, -0.1) is 0 Å². The molecule has 1 aliphatic rings. The first-order valence-corrected chi connectivity index (χ1v) is 3.57. The van der Waals surface area contributed by atoms with Crippen molar-refractivity contribution in [2.75, 3.05) is 26.8 Å². The molecule has 1 unspecified atom stereocenters. The highest BCUT2D eigenvalue weighted by Gasteiger charge is 2.18. The molecule has 0 aromatic carbocycles. The van der Waals surface area contributed by atoms with Crippen molar-refractivity contribution < 1.29 is 4.39 Å². The van der Waals surface area contributed by atoms with Gasteiger partial charge in [0.2, 0.25) is 0 Å². The third-order valence-corrected chi connectivity index (χ3v) is 2.01. The molecule has 0 bridgehead atoms. The molecule has 1 rings (SSSR count). The Hall–Kier alpha value is -0.110. The first-order valence-electron chi connectivity index (χ1n) is 3.57. The van der Waals surface area contributed by atoms with E-state index in [1.54, 1.807) is 0 Å². The maximum atomic E-state index is 11.8. The monoisotopic (exact) mass is 131 g/mol. The lowest BCUT2D eigenvalue weighted by Gasteiger charge is -2.06. The maximum Gasteiger partial charge on any atom is 0.0897 e. The summed E-state index contributed by atoms with van der Waals surface area (Å²) >= 11 is 0. The minimum absolute atomic E-state index is 0.140. The zero-order chi connectivity index (χ0) is 6.69. The first kappa shape index (κ1) is 7.00. The average Bonchev–Trinajstić information content (AvgIpc) is 2.17. The molecule has 0 aromatic rings. The Morgan fingerprint density at radius 3 is 2.89 bits per heavy atom. The summed E-state index contributed by atoms with van der Waals surface area (Å²) in [7, 11) is 2.10. The zero-order valence-electron chi connectivity index (χ0n) is 5.94. The van der Waals surface area contributed by atoms with Crippen molar-refractivity contribution in [2.24, 2.45) is 5.92 Å². The van der Waals surface area contributed by atoms with E-state index < -0.39 is 0 Å². The average molecular weight is 131 g/mol.